The van der Waals surface area contributed by atoms with Crippen LogP contribution in [0.4, 0.5) is 0 Å². The fraction of sp³-hybridized carbons (Fsp3) is 0.438. The number of rotatable bonds is 3. The summed E-state index contributed by atoms with van der Waals surface area (Å²) in [5, 5.41) is 5.12. The summed E-state index contributed by atoms with van der Waals surface area (Å²) >= 11 is 6.37. The lowest BCUT2D eigenvalue weighted by Gasteiger charge is -2.36. The molecular weight excluding hydrogens is 284 g/mol. The molecule has 0 radical (unpaired) electrons. The summed E-state index contributed by atoms with van der Waals surface area (Å²) in [5.74, 6) is 0. The van der Waals surface area contributed by atoms with Gasteiger partial charge in [0.2, 0.25) is 0 Å². The lowest BCUT2D eigenvalue weighted by molar-refractivity contribution is 0.167. The van der Waals surface area contributed by atoms with E-state index < -0.39 is 0 Å². The number of hydrogen-bond donors (Lipinski definition) is 1. The molecule has 112 valence electrons. The van der Waals surface area contributed by atoms with Crippen molar-refractivity contribution in [1.29, 1.82) is 0 Å². The predicted octanol–water partition coefficient (Wildman–Crippen LogP) is 2.27. The van der Waals surface area contributed by atoms with Gasteiger partial charge < -0.3 is 5.73 Å². The fourth-order valence-corrected chi connectivity index (χ4v) is 3.35. The first kappa shape index (κ1) is 14.6. The third-order valence-corrected chi connectivity index (χ3v) is 4.84. The van der Waals surface area contributed by atoms with Crippen LogP contribution in [0.2, 0.25) is 5.15 Å². The van der Waals surface area contributed by atoms with Gasteiger partial charge in [-0.05, 0) is 24.5 Å². The van der Waals surface area contributed by atoms with E-state index in [1.807, 2.05) is 14.0 Å². The number of nitrogens with zero attached hydrogens (tertiary/aromatic N) is 3. The molecule has 3 rings (SSSR count). The summed E-state index contributed by atoms with van der Waals surface area (Å²) in [6.45, 7) is 4.39. The Morgan fingerprint density at radius 1 is 1.33 bits per heavy atom. The number of fused-ring (bicyclic) bond motifs is 1. The van der Waals surface area contributed by atoms with E-state index in [1.165, 1.54) is 11.1 Å². The first-order chi connectivity index (χ1) is 10.1. The third kappa shape index (κ3) is 2.71. The molecule has 1 aliphatic heterocycles. The average Bonchev–Trinajstić information content (AvgIpc) is 2.73. The number of benzene rings is 1. The Balaban J connectivity index is 1.88. The Hall–Kier alpha value is -1.36. The molecule has 4 nitrogen and oxygen atoms in total. The predicted molar refractivity (Wildman–Crippen MR) is 85.2 cm³/mol. The van der Waals surface area contributed by atoms with Gasteiger partial charge in [-0.1, -0.05) is 35.9 Å². The van der Waals surface area contributed by atoms with Crippen LogP contribution < -0.4 is 5.73 Å². The Morgan fingerprint density at radius 2 is 2.05 bits per heavy atom. The highest BCUT2D eigenvalue weighted by Gasteiger charge is 2.26. The lowest BCUT2D eigenvalue weighted by atomic mass is 9.93. The van der Waals surface area contributed by atoms with E-state index in [9.17, 15) is 0 Å². The molecule has 2 N–H and O–H groups in total. The zero-order chi connectivity index (χ0) is 15.0. The van der Waals surface area contributed by atoms with Crippen LogP contribution in [0.3, 0.4) is 0 Å². The molecule has 1 aromatic heterocycles. The molecule has 1 aliphatic rings. The van der Waals surface area contributed by atoms with Crippen molar-refractivity contribution in [2.75, 3.05) is 6.54 Å². The first-order valence-corrected chi connectivity index (χ1v) is 7.66. The maximum absolute atomic E-state index is 6.37. The van der Waals surface area contributed by atoms with Crippen LogP contribution in [0.25, 0.3) is 0 Å². The third-order valence-electron chi connectivity index (χ3n) is 4.37. The van der Waals surface area contributed by atoms with Gasteiger partial charge in [0.05, 0.1) is 5.69 Å². The first-order valence-electron chi connectivity index (χ1n) is 7.29. The topological polar surface area (TPSA) is 47.1 Å². The van der Waals surface area contributed by atoms with Gasteiger partial charge >= 0.3 is 0 Å². The zero-order valence-corrected chi connectivity index (χ0v) is 13.3. The van der Waals surface area contributed by atoms with E-state index in [0.29, 0.717) is 12.6 Å². The van der Waals surface area contributed by atoms with Gasteiger partial charge in [-0.25, -0.2) is 0 Å². The average molecular weight is 305 g/mol. The second-order valence-corrected chi connectivity index (χ2v) is 6.10. The molecular formula is C16H21ClN4. The minimum atomic E-state index is 0.357. The monoisotopic (exact) mass is 304 g/mol. The van der Waals surface area contributed by atoms with Gasteiger partial charge in [0, 0.05) is 38.3 Å². The molecule has 1 aromatic carbocycles. The van der Waals surface area contributed by atoms with E-state index in [4.69, 9.17) is 17.3 Å². The van der Waals surface area contributed by atoms with Crippen molar-refractivity contribution in [2.24, 2.45) is 12.8 Å². The van der Waals surface area contributed by atoms with Crippen molar-refractivity contribution in [3.05, 3.63) is 51.8 Å². The van der Waals surface area contributed by atoms with Gasteiger partial charge in [-0.15, -0.1) is 0 Å². The number of aromatic nitrogens is 2. The minimum absolute atomic E-state index is 0.357. The normalized spacial score (nSPS) is 18.8. The Labute approximate surface area is 130 Å². The quantitative estimate of drug-likeness (QED) is 0.946. The molecule has 21 heavy (non-hydrogen) atoms. The molecule has 2 aromatic rings. The van der Waals surface area contributed by atoms with Gasteiger partial charge in [-0.2, -0.15) is 5.10 Å². The highest BCUT2D eigenvalue weighted by molar-refractivity contribution is 6.30. The fourth-order valence-electron chi connectivity index (χ4n) is 3.12. The van der Waals surface area contributed by atoms with Crippen molar-refractivity contribution >= 4 is 11.6 Å². The second kappa shape index (κ2) is 5.79. The van der Waals surface area contributed by atoms with Crippen LogP contribution in [0.5, 0.6) is 0 Å². The van der Waals surface area contributed by atoms with E-state index in [2.05, 4.69) is 34.3 Å². The molecule has 0 aliphatic carbocycles. The molecule has 5 heteroatoms. The minimum Gasteiger partial charge on any atom is -0.329 e. The number of aryl methyl sites for hydroxylation is 2. The maximum Gasteiger partial charge on any atom is 0.131 e. The van der Waals surface area contributed by atoms with Crippen LogP contribution in [-0.2, 0) is 26.6 Å². The van der Waals surface area contributed by atoms with Gasteiger partial charge in [0.15, 0.2) is 0 Å². The van der Waals surface area contributed by atoms with E-state index in [-0.39, 0.29) is 0 Å². The molecule has 0 amide bonds. The summed E-state index contributed by atoms with van der Waals surface area (Å²) in [4.78, 5) is 2.41. The second-order valence-electron chi connectivity index (χ2n) is 5.75. The molecule has 0 spiro atoms. The summed E-state index contributed by atoms with van der Waals surface area (Å²) in [5.41, 5.74) is 10.9. The largest absolute Gasteiger partial charge is 0.329 e. The Bertz CT molecular complexity index is 650. The van der Waals surface area contributed by atoms with E-state index >= 15 is 0 Å². The maximum atomic E-state index is 6.37. The van der Waals surface area contributed by atoms with Crippen molar-refractivity contribution < 1.29 is 0 Å². The van der Waals surface area contributed by atoms with E-state index in [1.54, 1.807) is 4.68 Å². The van der Waals surface area contributed by atoms with Crippen LogP contribution in [-0.4, -0.2) is 27.3 Å². The van der Waals surface area contributed by atoms with Gasteiger partial charge in [0.1, 0.15) is 5.15 Å². The molecule has 0 saturated carbocycles. The molecule has 2 heterocycles. The van der Waals surface area contributed by atoms with Crippen LogP contribution in [0.1, 0.15) is 22.4 Å². The highest BCUT2D eigenvalue weighted by Crippen LogP contribution is 2.27. The van der Waals surface area contributed by atoms with Crippen LogP contribution in [0.15, 0.2) is 24.3 Å². The van der Waals surface area contributed by atoms with Crippen LogP contribution in [0, 0.1) is 6.92 Å². The van der Waals surface area contributed by atoms with Crippen molar-refractivity contribution in [3.63, 3.8) is 0 Å². The molecule has 1 atom stereocenters. The highest BCUT2D eigenvalue weighted by atomic mass is 35.5. The molecule has 1 unspecified atom stereocenters. The number of nitrogens with two attached hydrogens (primary N) is 1. The van der Waals surface area contributed by atoms with E-state index in [0.717, 1.165) is 35.9 Å². The standard InChI is InChI=1S/C16H21ClN4/c1-11-15(16(17)20(2)19-11)10-21-9-13-6-4-3-5-12(13)7-14(21)8-18/h3-6,14H,7-10,18H2,1-2H3. The van der Waals surface area contributed by atoms with Crippen molar-refractivity contribution in [1.82, 2.24) is 14.7 Å². The number of hydrogen-bond acceptors (Lipinski definition) is 3. The SMILES string of the molecule is Cc1nn(C)c(Cl)c1CN1Cc2ccccc2CC1CN. The molecule has 0 fully saturated rings. The van der Waals surface area contributed by atoms with Crippen LogP contribution >= 0.6 is 11.6 Å². The Morgan fingerprint density at radius 3 is 2.67 bits per heavy atom. The van der Waals surface area contributed by atoms with Crippen molar-refractivity contribution in [2.45, 2.75) is 32.5 Å². The Kier molecular flexibility index (Phi) is 4.02. The number of halogens is 1. The smallest absolute Gasteiger partial charge is 0.131 e. The lowest BCUT2D eigenvalue weighted by Crippen LogP contribution is -2.44. The molecule has 0 saturated heterocycles. The van der Waals surface area contributed by atoms with Gasteiger partial charge in [-0.3, -0.25) is 9.58 Å². The summed E-state index contributed by atoms with van der Waals surface area (Å²) in [6, 6.07) is 8.96. The summed E-state index contributed by atoms with van der Waals surface area (Å²) < 4.78 is 1.74. The molecule has 0 bridgehead atoms. The van der Waals surface area contributed by atoms with Gasteiger partial charge in [0.25, 0.3) is 0 Å². The zero-order valence-electron chi connectivity index (χ0n) is 12.5. The van der Waals surface area contributed by atoms with Crippen molar-refractivity contribution in [3.8, 4) is 0 Å². The summed E-state index contributed by atoms with van der Waals surface area (Å²) in [7, 11) is 1.88. The summed E-state index contributed by atoms with van der Waals surface area (Å²) in [6.07, 6.45) is 1.00.